The monoisotopic (exact) mass is 231 g/mol. The maximum atomic E-state index is 11.1. The fraction of sp³-hybridized carbons (Fsp3) is 0.909. The minimum atomic E-state index is -0.486. The molecule has 0 aliphatic carbocycles. The minimum absolute atomic E-state index is 0.101. The highest BCUT2D eigenvalue weighted by Gasteiger charge is 2.40. The van der Waals surface area contributed by atoms with Crippen molar-refractivity contribution in [1.82, 2.24) is 4.90 Å². The van der Waals surface area contributed by atoms with Crippen LogP contribution >= 0.6 is 0 Å². The minimum Gasteiger partial charge on any atom is -0.455 e. The lowest BCUT2D eigenvalue weighted by atomic mass is 9.99. The first-order chi connectivity index (χ1) is 7.45. The average molecular weight is 231 g/mol. The number of rotatable bonds is 3. The lowest BCUT2D eigenvalue weighted by Gasteiger charge is -2.42. The zero-order valence-electron chi connectivity index (χ0n) is 10.6. The predicted molar refractivity (Wildman–Crippen MR) is 59.0 cm³/mol. The van der Waals surface area contributed by atoms with E-state index in [0.717, 1.165) is 6.42 Å². The molecule has 1 heterocycles. The summed E-state index contributed by atoms with van der Waals surface area (Å²) in [6.45, 7) is 3.39. The molecule has 0 unspecified atom stereocenters. The highest BCUT2D eigenvalue weighted by atomic mass is 16.7. The summed E-state index contributed by atoms with van der Waals surface area (Å²) in [6, 6.07) is 0.123. The number of ether oxygens (including phenoxy) is 3. The van der Waals surface area contributed by atoms with Gasteiger partial charge in [0.25, 0.3) is 0 Å². The Morgan fingerprint density at radius 1 is 1.44 bits per heavy atom. The van der Waals surface area contributed by atoms with Crippen LogP contribution in [0.25, 0.3) is 0 Å². The van der Waals surface area contributed by atoms with E-state index in [1.165, 1.54) is 6.92 Å². The van der Waals surface area contributed by atoms with E-state index in [-0.39, 0.29) is 24.2 Å². The Bertz CT molecular complexity index is 244. The fourth-order valence-corrected chi connectivity index (χ4v) is 2.04. The van der Waals surface area contributed by atoms with Crippen LogP contribution in [-0.2, 0) is 19.0 Å². The molecule has 0 N–H and O–H groups in total. The van der Waals surface area contributed by atoms with Crippen LogP contribution in [0.15, 0.2) is 0 Å². The van der Waals surface area contributed by atoms with Gasteiger partial charge in [0.05, 0.1) is 12.1 Å². The molecule has 1 fully saturated rings. The van der Waals surface area contributed by atoms with Crippen LogP contribution in [-0.4, -0.2) is 56.6 Å². The van der Waals surface area contributed by atoms with E-state index in [4.69, 9.17) is 14.2 Å². The third-order valence-electron chi connectivity index (χ3n) is 2.78. The molecule has 5 heteroatoms. The van der Waals surface area contributed by atoms with E-state index in [1.807, 2.05) is 25.9 Å². The second-order valence-electron chi connectivity index (χ2n) is 4.39. The zero-order chi connectivity index (χ0) is 12.3. The zero-order valence-corrected chi connectivity index (χ0v) is 10.6. The van der Waals surface area contributed by atoms with Gasteiger partial charge in [0, 0.05) is 14.0 Å². The molecule has 1 rings (SSSR count). The number of esters is 1. The van der Waals surface area contributed by atoms with Crippen molar-refractivity contribution in [3.63, 3.8) is 0 Å². The highest BCUT2D eigenvalue weighted by molar-refractivity contribution is 5.66. The van der Waals surface area contributed by atoms with Crippen LogP contribution in [0, 0.1) is 0 Å². The molecule has 5 nitrogen and oxygen atoms in total. The van der Waals surface area contributed by atoms with Gasteiger partial charge in [-0.25, -0.2) is 0 Å². The summed E-state index contributed by atoms with van der Waals surface area (Å²) >= 11 is 0. The Balaban J connectivity index is 2.79. The molecule has 0 aromatic rings. The lowest BCUT2D eigenvalue weighted by molar-refractivity contribution is -0.250. The van der Waals surface area contributed by atoms with Gasteiger partial charge in [-0.15, -0.1) is 0 Å². The molecule has 0 spiro atoms. The molecule has 0 aromatic heterocycles. The van der Waals surface area contributed by atoms with Crippen molar-refractivity contribution in [2.45, 2.75) is 44.8 Å². The topological polar surface area (TPSA) is 48.0 Å². The molecular formula is C11H21NO4. The summed E-state index contributed by atoms with van der Waals surface area (Å²) < 4.78 is 16.1. The first-order valence-corrected chi connectivity index (χ1v) is 5.47. The van der Waals surface area contributed by atoms with Crippen LogP contribution in [0.1, 0.15) is 20.3 Å². The molecule has 4 atom stereocenters. The number of nitrogens with zero attached hydrogens (tertiary/aromatic N) is 1. The van der Waals surface area contributed by atoms with Crippen molar-refractivity contribution < 1.29 is 19.0 Å². The van der Waals surface area contributed by atoms with Crippen molar-refractivity contribution in [3.8, 4) is 0 Å². The second kappa shape index (κ2) is 5.61. The number of carbonyl (C=O) groups is 1. The van der Waals surface area contributed by atoms with E-state index < -0.39 is 6.29 Å². The number of likely N-dealkylation sites (N-methyl/N-ethyl adjacent to an activating group) is 1. The number of methoxy groups -OCH3 is 1. The van der Waals surface area contributed by atoms with Gasteiger partial charge in [-0.3, -0.25) is 4.79 Å². The van der Waals surface area contributed by atoms with E-state index in [2.05, 4.69) is 0 Å². The quantitative estimate of drug-likeness (QED) is 0.667. The average Bonchev–Trinajstić information content (AvgIpc) is 2.19. The summed E-state index contributed by atoms with van der Waals surface area (Å²) in [4.78, 5) is 13.1. The predicted octanol–water partition coefficient (Wildman–Crippen LogP) is 0.630. The van der Waals surface area contributed by atoms with Crippen molar-refractivity contribution in [2.75, 3.05) is 21.2 Å². The van der Waals surface area contributed by atoms with Crippen molar-refractivity contribution >= 4 is 5.97 Å². The summed E-state index contributed by atoms with van der Waals surface area (Å²) in [5, 5.41) is 0. The Morgan fingerprint density at radius 2 is 2.06 bits per heavy atom. The van der Waals surface area contributed by atoms with E-state index in [1.54, 1.807) is 7.11 Å². The van der Waals surface area contributed by atoms with Gasteiger partial charge in [0.1, 0.15) is 0 Å². The number of hydrogen-bond acceptors (Lipinski definition) is 5. The van der Waals surface area contributed by atoms with Crippen LogP contribution in [0.4, 0.5) is 0 Å². The van der Waals surface area contributed by atoms with E-state index in [9.17, 15) is 4.79 Å². The Labute approximate surface area is 96.6 Å². The molecular weight excluding hydrogens is 210 g/mol. The van der Waals surface area contributed by atoms with E-state index in [0.29, 0.717) is 0 Å². The summed E-state index contributed by atoms with van der Waals surface area (Å²) in [5.74, 6) is -0.308. The third-order valence-corrected chi connectivity index (χ3v) is 2.78. The van der Waals surface area contributed by atoms with Gasteiger partial charge in [-0.05, 0) is 27.4 Å². The molecule has 1 saturated heterocycles. The van der Waals surface area contributed by atoms with Gasteiger partial charge < -0.3 is 19.1 Å². The van der Waals surface area contributed by atoms with Crippen LogP contribution in [0.5, 0.6) is 0 Å². The van der Waals surface area contributed by atoms with Gasteiger partial charge in [-0.2, -0.15) is 0 Å². The van der Waals surface area contributed by atoms with Crippen molar-refractivity contribution in [1.29, 1.82) is 0 Å². The number of hydrogen-bond donors (Lipinski definition) is 0. The van der Waals surface area contributed by atoms with Gasteiger partial charge in [0.15, 0.2) is 12.4 Å². The molecule has 0 aromatic carbocycles. The second-order valence-corrected chi connectivity index (χ2v) is 4.39. The Hall–Kier alpha value is -0.650. The van der Waals surface area contributed by atoms with Crippen LogP contribution in [0.3, 0.4) is 0 Å². The lowest BCUT2D eigenvalue weighted by Crippen LogP contribution is -2.55. The standard InChI is InChI=1S/C11H21NO4/c1-7-6-9(12(3)4)10(16-8(2)13)11(14-5)15-7/h7,9-11H,6H2,1-5H3/t7-,9+,10-,11+/m1/s1. The summed E-state index contributed by atoms with van der Waals surface area (Å²) in [5.41, 5.74) is 0. The molecule has 0 radical (unpaired) electrons. The largest absolute Gasteiger partial charge is 0.455 e. The molecule has 1 aliphatic heterocycles. The van der Waals surface area contributed by atoms with Gasteiger partial charge in [0.2, 0.25) is 0 Å². The fourth-order valence-electron chi connectivity index (χ4n) is 2.04. The third kappa shape index (κ3) is 3.17. The van der Waals surface area contributed by atoms with E-state index >= 15 is 0 Å². The maximum Gasteiger partial charge on any atom is 0.303 e. The smallest absolute Gasteiger partial charge is 0.303 e. The van der Waals surface area contributed by atoms with Crippen LogP contribution < -0.4 is 0 Å². The number of carbonyl (C=O) groups excluding carboxylic acids is 1. The SMILES string of the molecule is CO[C@H]1O[C@H](C)C[C@H](N(C)C)[C@H]1OC(C)=O. The first-order valence-electron chi connectivity index (χ1n) is 5.47. The molecule has 0 bridgehead atoms. The highest BCUT2D eigenvalue weighted by Crippen LogP contribution is 2.25. The summed E-state index contributed by atoms with van der Waals surface area (Å²) in [6.07, 6.45) is 0.0723. The van der Waals surface area contributed by atoms with Crippen LogP contribution in [0.2, 0.25) is 0 Å². The van der Waals surface area contributed by atoms with Gasteiger partial charge >= 0.3 is 5.97 Å². The summed E-state index contributed by atoms with van der Waals surface area (Å²) in [7, 11) is 5.49. The Kier molecular flexibility index (Phi) is 4.70. The molecule has 0 amide bonds. The molecule has 94 valence electrons. The van der Waals surface area contributed by atoms with Gasteiger partial charge in [-0.1, -0.05) is 0 Å². The Morgan fingerprint density at radius 3 is 2.50 bits per heavy atom. The van der Waals surface area contributed by atoms with Crippen molar-refractivity contribution in [3.05, 3.63) is 0 Å². The molecule has 1 aliphatic rings. The normalized spacial score (nSPS) is 35.1. The maximum absolute atomic E-state index is 11.1. The van der Waals surface area contributed by atoms with Crippen molar-refractivity contribution in [2.24, 2.45) is 0 Å². The molecule has 0 saturated carbocycles. The first kappa shape index (κ1) is 13.4. The molecule has 16 heavy (non-hydrogen) atoms.